The lowest BCUT2D eigenvalue weighted by Gasteiger charge is -2.29. The predicted octanol–water partition coefficient (Wildman–Crippen LogP) is 2.51. The molecule has 0 atom stereocenters. The van der Waals surface area contributed by atoms with Crippen molar-refractivity contribution < 1.29 is 0 Å². The van der Waals surface area contributed by atoms with Crippen molar-refractivity contribution in [3.05, 3.63) is 28.7 Å². The Morgan fingerprint density at radius 2 is 2.21 bits per heavy atom. The highest BCUT2D eigenvalue weighted by Gasteiger charge is 2.27. The van der Waals surface area contributed by atoms with Crippen molar-refractivity contribution in [3.63, 3.8) is 0 Å². The van der Waals surface area contributed by atoms with Gasteiger partial charge in [-0.3, -0.25) is 4.98 Å². The molecule has 0 aromatic carbocycles. The van der Waals surface area contributed by atoms with E-state index in [1.165, 1.54) is 36.2 Å². The summed E-state index contributed by atoms with van der Waals surface area (Å²) < 4.78 is 0. The summed E-state index contributed by atoms with van der Waals surface area (Å²) in [4.78, 5) is 14.9. The molecule has 19 heavy (non-hydrogen) atoms. The third-order valence-corrected chi connectivity index (χ3v) is 4.88. The Kier molecular flexibility index (Phi) is 2.81. The fourth-order valence-electron chi connectivity index (χ4n) is 2.83. The van der Waals surface area contributed by atoms with Crippen LogP contribution >= 0.6 is 11.3 Å². The van der Waals surface area contributed by atoms with Crippen LogP contribution in [0.4, 0.5) is 0 Å². The van der Waals surface area contributed by atoms with Crippen molar-refractivity contribution >= 4 is 11.3 Å². The molecule has 0 amide bonds. The van der Waals surface area contributed by atoms with E-state index >= 15 is 0 Å². The second kappa shape index (κ2) is 4.65. The van der Waals surface area contributed by atoms with Crippen LogP contribution in [0.25, 0.3) is 10.7 Å². The highest BCUT2D eigenvalue weighted by molar-refractivity contribution is 7.13. The Balaban J connectivity index is 1.85. The standard InChI is InChI=1S/C14H16N4S/c1-2-9(3-1)13-10-6-15-5-4-11(10)17-14(18-13)12-7-16-8-19-12/h7-9,15H,1-6H2. The number of fused-ring (bicyclic) bond motifs is 1. The number of hydrogen-bond acceptors (Lipinski definition) is 5. The SMILES string of the molecule is c1ncc(-c2nc3c(c(C4CCC4)n2)CNCC3)s1. The summed E-state index contributed by atoms with van der Waals surface area (Å²) in [5.41, 5.74) is 5.76. The Labute approximate surface area is 116 Å². The lowest BCUT2D eigenvalue weighted by molar-refractivity contribution is 0.404. The number of hydrogen-bond donors (Lipinski definition) is 1. The Morgan fingerprint density at radius 1 is 1.26 bits per heavy atom. The molecule has 1 saturated carbocycles. The minimum Gasteiger partial charge on any atom is -0.312 e. The van der Waals surface area contributed by atoms with Gasteiger partial charge in [-0.25, -0.2) is 9.97 Å². The Bertz CT molecular complexity index is 590. The average molecular weight is 272 g/mol. The van der Waals surface area contributed by atoms with Gasteiger partial charge in [0.25, 0.3) is 0 Å². The van der Waals surface area contributed by atoms with E-state index in [0.29, 0.717) is 5.92 Å². The summed E-state index contributed by atoms with van der Waals surface area (Å²) in [5.74, 6) is 1.54. The maximum atomic E-state index is 4.87. The van der Waals surface area contributed by atoms with Gasteiger partial charge in [-0.1, -0.05) is 6.42 Å². The molecule has 0 bridgehead atoms. The molecule has 2 aromatic rings. The van der Waals surface area contributed by atoms with Crippen LogP contribution in [-0.2, 0) is 13.0 Å². The van der Waals surface area contributed by atoms with Crippen molar-refractivity contribution in [1.82, 2.24) is 20.3 Å². The van der Waals surface area contributed by atoms with Crippen LogP contribution in [0.3, 0.4) is 0 Å². The van der Waals surface area contributed by atoms with E-state index in [9.17, 15) is 0 Å². The molecule has 2 aliphatic rings. The number of rotatable bonds is 2. The quantitative estimate of drug-likeness (QED) is 0.912. The van der Waals surface area contributed by atoms with Crippen LogP contribution in [0, 0.1) is 0 Å². The van der Waals surface area contributed by atoms with Gasteiger partial charge in [-0.05, 0) is 12.8 Å². The van der Waals surface area contributed by atoms with Gasteiger partial charge < -0.3 is 5.32 Å². The third-order valence-electron chi connectivity index (χ3n) is 4.11. The fraction of sp³-hybridized carbons (Fsp3) is 0.500. The first-order valence-corrected chi connectivity index (χ1v) is 7.79. The molecule has 5 heteroatoms. The Morgan fingerprint density at radius 3 is 2.95 bits per heavy atom. The van der Waals surface area contributed by atoms with Crippen LogP contribution in [0.5, 0.6) is 0 Å². The molecule has 1 aliphatic heterocycles. The number of nitrogens with zero attached hydrogens (tertiary/aromatic N) is 3. The first kappa shape index (κ1) is 11.5. The molecular weight excluding hydrogens is 256 g/mol. The second-order valence-corrected chi connectivity index (χ2v) is 6.16. The van der Waals surface area contributed by atoms with Crippen molar-refractivity contribution in [2.24, 2.45) is 0 Å². The lowest BCUT2D eigenvalue weighted by atomic mass is 9.80. The first-order chi connectivity index (χ1) is 9.42. The second-order valence-electron chi connectivity index (χ2n) is 5.28. The zero-order valence-corrected chi connectivity index (χ0v) is 11.5. The molecule has 98 valence electrons. The number of thiazole rings is 1. The predicted molar refractivity (Wildman–Crippen MR) is 75.1 cm³/mol. The van der Waals surface area contributed by atoms with Crippen molar-refractivity contribution in [3.8, 4) is 10.7 Å². The smallest absolute Gasteiger partial charge is 0.171 e. The number of aromatic nitrogens is 3. The van der Waals surface area contributed by atoms with E-state index in [1.807, 2.05) is 11.7 Å². The monoisotopic (exact) mass is 272 g/mol. The van der Waals surface area contributed by atoms with Gasteiger partial charge in [0.15, 0.2) is 5.82 Å². The van der Waals surface area contributed by atoms with Crippen LogP contribution in [0.1, 0.15) is 42.1 Å². The molecular formula is C14H16N4S. The summed E-state index contributed by atoms with van der Waals surface area (Å²) in [6.45, 7) is 1.96. The molecule has 0 spiro atoms. The fourth-order valence-corrected chi connectivity index (χ4v) is 3.38. The summed E-state index contributed by atoms with van der Waals surface area (Å²) in [6.07, 6.45) is 6.80. The zero-order valence-electron chi connectivity index (χ0n) is 10.7. The molecule has 0 saturated heterocycles. The summed E-state index contributed by atoms with van der Waals surface area (Å²) in [5, 5.41) is 3.45. The Hall–Kier alpha value is -1.33. The maximum Gasteiger partial charge on any atom is 0.171 e. The maximum absolute atomic E-state index is 4.87. The van der Waals surface area contributed by atoms with Gasteiger partial charge >= 0.3 is 0 Å². The first-order valence-electron chi connectivity index (χ1n) is 6.91. The van der Waals surface area contributed by atoms with Gasteiger partial charge in [0, 0.05) is 37.2 Å². The molecule has 4 rings (SSSR count). The van der Waals surface area contributed by atoms with Crippen LogP contribution in [0.2, 0.25) is 0 Å². The molecule has 2 aromatic heterocycles. The molecule has 0 radical (unpaired) electrons. The van der Waals surface area contributed by atoms with Gasteiger partial charge in [0.05, 0.1) is 21.8 Å². The molecule has 1 aliphatic carbocycles. The van der Waals surface area contributed by atoms with E-state index in [-0.39, 0.29) is 0 Å². The highest BCUT2D eigenvalue weighted by Crippen LogP contribution is 2.39. The summed E-state index contributed by atoms with van der Waals surface area (Å²) in [6, 6.07) is 0. The average Bonchev–Trinajstić information content (AvgIpc) is 2.90. The van der Waals surface area contributed by atoms with E-state index in [1.54, 1.807) is 11.3 Å². The van der Waals surface area contributed by atoms with E-state index in [2.05, 4.69) is 10.3 Å². The van der Waals surface area contributed by atoms with Gasteiger partial charge in [-0.2, -0.15) is 0 Å². The van der Waals surface area contributed by atoms with Crippen LogP contribution in [0.15, 0.2) is 11.7 Å². The largest absolute Gasteiger partial charge is 0.312 e. The normalized spacial score (nSPS) is 18.9. The zero-order chi connectivity index (χ0) is 12.7. The minimum absolute atomic E-state index is 0.656. The summed E-state index contributed by atoms with van der Waals surface area (Å²) >= 11 is 1.62. The van der Waals surface area contributed by atoms with Crippen molar-refractivity contribution in [1.29, 1.82) is 0 Å². The van der Waals surface area contributed by atoms with Crippen LogP contribution < -0.4 is 5.32 Å². The van der Waals surface area contributed by atoms with Gasteiger partial charge in [0.1, 0.15) is 0 Å². The molecule has 3 heterocycles. The lowest BCUT2D eigenvalue weighted by Crippen LogP contribution is -2.28. The topological polar surface area (TPSA) is 50.7 Å². The van der Waals surface area contributed by atoms with E-state index < -0.39 is 0 Å². The third kappa shape index (κ3) is 1.97. The van der Waals surface area contributed by atoms with E-state index in [4.69, 9.17) is 9.97 Å². The minimum atomic E-state index is 0.656. The molecule has 0 unspecified atom stereocenters. The van der Waals surface area contributed by atoms with Crippen molar-refractivity contribution in [2.75, 3.05) is 6.54 Å². The van der Waals surface area contributed by atoms with E-state index in [0.717, 1.165) is 30.2 Å². The number of nitrogens with one attached hydrogen (secondary N) is 1. The van der Waals surface area contributed by atoms with Gasteiger partial charge in [0.2, 0.25) is 0 Å². The molecule has 4 nitrogen and oxygen atoms in total. The summed E-state index contributed by atoms with van der Waals surface area (Å²) in [7, 11) is 0. The van der Waals surface area contributed by atoms with Crippen molar-refractivity contribution in [2.45, 2.75) is 38.1 Å². The van der Waals surface area contributed by atoms with Gasteiger partial charge in [-0.15, -0.1) is 11.3 Å². The molecule has 1 fully saturated rings. The molecule has 1 N–H and O–H groups in total. The highest BCUT2D eigenvalue weighted by atomic mass is 32.1. The van der Waals surface area contributed by atoms with Crippen LogP contribution in [-0.4, -0.2) is 21.5 Å².